The van der Waals surface area contributed by atoms with Crippen molar-refractivity contribution in [1.82, 2.24) is 14.5 Å². The van der Waals surface area contributed by atoms with Crippen molar-refractivity contribution < 1.29 is 19.3 Å². The number of imidazole rings is 1. The van der Waals surface area contributed by atoms with Gasteiger partial charge < -0.3 is 24.2 Å². The summed E-state index contributed by atoms with van der Waals surface area (Å²) in [5.74, 6) is 0.339. The number of rotatable bonds is 3. The predicted octanol–water partition coefficient (Wildman–Crippen LogP) is 0.776. The first-order chi connectivity index (χ1) is 11.8. The summed E-state index contributed by atoms with van der Waals surface area (Å²) in [6.07, 6.45) is -0.425. The normalized spacial score (nSPS) is 31.0. The number of hydrogen-bond donors (Lipinski definition) is 1. The van der Waals surface area contributed by atoms with Crippen LogP contribution in [0.4, 0.5) is 5.82 Å². The quantitative estimate of drug-likeness (QED) is 0.635. The number of hydrogen-bond acceptors (Lipinski definition) is 7. The molecule has 25 heavy (non-hydrogen) atoms. The van der Waals surface area contributed by atoms with Crippen LogP contribution in [0.25, 0.3) is 0 Å². The van der Waals surface area contributed by atoms with Crippen LogP contribution >= 0.6 is 0 Å². The third-order valence-electron chi connectivity index (χ3n) is 4.37. The lowest BCUT2D eigenvalue weighted by Gasteiger charge is -2.24. The summed E-state index contributed by atoms with van der Waals surface area (Å²) in [5.41, 5.74) is 0.201. The molecule has 1 aromatic heterocycles. The molecule has 0 bridgehead atoms. The van der Waals surface area contributed by atoms with Crippen LogP contribution in [-0.2, 0) is 14.2 Å². The number of aliphatic hydroxyl groups excluding tert-OH is 1. The fraction of sp³-hybridized carbons (Fsp3) is 0.688. The molecule has 0 aromatic carbocycles. The molecule has 0 amide bonds. The molecule has 1 N–H and O–H groups in total. The second kappa shape index (κ2) is 6.38. The highest BCUT2D eigenvalue weighted by Gasteiger charge is 2.56. The maximum Gasteiger partial charge on any atom is 0.185 e. The molecule has 4 atom stereocenters. The number of nitrogens with zero attached hydrogens (tertiary/aromatic N) is 5. The van der Waals surface area contributed by atoms with Gasteiger partial charge in [-0.15, -0.1) is 0 Å². The van der Waals surface area contributed by atoms with E-state index in [-0.39, 0.29) is 12.3 Å². The van der Waals surface area contributed by atoms with Crippen LogP contribution in [0, 0.1) is 11.3 Å². The molecule has 0 saturated carbocycles. The number of aliphatic imine (C=N–C) groups is 1. The first-order valence-corrected chi connectivity index (χ1v) is 8.09. The van der Waals surface area contributed by atoms with E-state index in [1.54, 1.807) is 4.57 Å². The summed E-state index contributed by atoms with van der Waals surface area (Å²) >= 11 is 0. The maximum absolute atomic E-state index is 9.61. The van der Waals surface area contributed by atoms with Crippen LogP contribution in [0.3, 0.4) is 0 Å². The number of nitriles is 1. The molecular formula is C16H23N5O4. The minimum atomic E-state index is -0.771. The number of aromatic nitrogens is 2. The molecule has 0 radical (unpaired) electrons. The zero-order chi connectivity index (χ0) is 18.4. The van der Waals surface area contributed by atoms with Gasteiger partial charge in [-0.1, -0.05) is 0 Å². The Morgan fingerprint density at radius 3 is 2.72 bits per heavy atom. The summed E-state index contributed by atoms with van der Waals surface area (Å²) < 4.78 is 19.4. The first kappa shape index (κ1) is 17.8. The fourth-order valence-electron chi connectivity index (χ4n) is 3.01. The van der Waals surface area contributed by atoms with E-state index in [0.29, 0.717) is 5.82 Å². The molecule has 0 unspecified atom stereocenters. The molecular weight excluding hydrogens is 326 g/mol. The Morgan fingerprint density at radius 2 is 2.12 bits per heavy atom. The molecule has 1 aromatic rings. The van der Waals surface area contributed by atoms with Gasteiger partial charge in [0.1, 0.15) is 36.5 Å². The van der Waals surface area contributed by atoms with E-state index in [1.165, 1.54) is 6.33 Å². The van der Waals surface area contributed by atoms with Gasteiger partial charge in [-0.3, -0.25) is 4.57 Å². The topological polar surface area (TPSA) is 105 Å². The monoisotopic (exact) mass is 349 g/mol. The van der Waals surface area contributed by atoms with E-state index in [9.17, 15) is 10.4 Å². The van der Waals surface area contributed by atoms with E-state index in [1.807, 2.05) is 39.8 Å². The molecule has 3 heterocycles. The van der Waals surface area contributed by atoms with Crippen molar-refractivity contribution in [2.75, 3.05) is 20.7 Å². The van der Waals surface area contributed by atoms with E-state index >= 15 is 0 Å². The molecule has 0 spiro atoms. The molecule has 2 saturated heterocycles. The van der Waals surface area contributed by atoms with Gasteiger partial charge in [0.2, 0.25) is 0 Å². The van der Waals surface area contributed by atoms with Crippen molar-refractivity contribution in [2.45, 2.75) is 51.1 Å². The molecule has 2 aliphatic heterocycles. The highest BCUT2D eigenvalue weighted by atomic mass is 16.8. The summed E-state index contributed by atoms with van der Waals surface area (Å²) in [6, 6.07) is 2.05. The molecule has 3 rings (SSSR count). The van der Waals surface area contributed by atoms with Crippen LogP contribution in [0.1, 0.15) is 32.7 Å². The third kappa shape index (κ3) is 3.14. The third-order valence-corrected chi connectivity index (χ3v) is 4.37. The van der Waals surface area contributed by atoms with Crippen LogP contribution in [0.2, 0.25) is 0 Å². The van der Waals surface area contributed by atoms with Crippen molar-refractivity contribution >= 4 is 11.7 Å². The smallest absolute Gasteiger partial charge is 0.185 e. The maximum atomic E-state index is 9.61. The summed E-state index contributed by atoms with van der Waals surface area (Å²) in [4.78, 5) is 10.5. The van der Waals surface area contributed by atoms with Gasteiger partial charge >= 0.3 is 0 Å². The Kier molecular flexibility index (Phi) is 4.55. The average molecular weight is 349 g/mol. The van der Waals surface area contributed by atoms with Crippen molar-refractivity contribution in [3.05, 3.63) is 12.0 Å². The molecule has 9 heteroatoms. The SMILES string of the molecule is C/C(=N\c1c(C#N)ncn1[C@@H]1O[C@H](CO)[C@H]2OC(C)(C)O[C@H]21)N(C)C. The number of fused-ring (bicyclic) bond motifs is 1. The summed E-state index contributed by atoms with van der Waals surface area (Å²) in [5, 5.41) is 19.0. The lowest BCUT2D eigenvalue weighted by atomic mass is 10.1. The van der Waals surface area contributed by atoms with Crippen LogP contribution < -0.4 is 0 Å². The molecule has 136 valence electrons. The van der Waals surface area contributed by atoms with Crippen LogP contribution in [0.5, 0.6) is 0 Å². The van der Waals surface area contributed by atoms with E-state index < -0.39 is 30.3 Å². The minimum Gasteiger partial charge on any atom is -0.394 e. The Morgan fingerprint density at radius 1 is 1.44 bits per heavy atom. The minimum absolute atomic E-state index is 0.188. The molecule has 2 fully saturated rings. The predicted molar refractivity (Wildman–Crippen MR) is 88.2 cm³/mol. The van der Waals surface area contributed by atoms with Crippen molar-refractivity contribution in [3.63, 3.8) is 0 Å². The van der Waals surface area contributed by atoms with Crippen molar-refractivity contribution in [1.29, 1.82) is 5.26 Å². The number of aliphatic hydroxyl groups is 1. The second-order valence-electron chi connectivity index (χ2n) is 6.80. The van der Waals surface area contributed by atoms with Gasteiger partial charge in [-0.05, 0) is 20.8 Å². The fourth-order valence-corrected chi connectivity index (χ4v) is 3.01. The molecule has 0 aliphatic carbocycles. The van der Waals surface area contributed by atoms with E-state index in [0.717, 1.165) is 5.84 Å². The second-order valence-corrected chi connectivity index (χ2v) is 6.80. The molecule has 2 aliphatic rings. The highest BCUT2D eigenvalue weighted by molar-refractivity contribution is 5.82. The van der Waals surface area contributed by atoms with Gasteiger partial charge in [0.25, 0.3) is 0 Å². The zero-order valence-electron chi connectivity index (χ0n) is 15.0. The van der Waals surface area contributed by atoms with Crippen LogP contribution in [0.15, 0.2) is 11.3 Å². The zero-order valence-corrected chi connectivity index (χ0v) is 15.0. The standard InChI is InChI=1S/C16H23N5O4/c1-9(20(4)5)19-14-10(6-17)18-8-21(14)15-13-12(11(7-22)23-15)24-16(2,3)25-13/h8,11-13,15,22H,7H2,1-5H3/b19-9+/t11-,12-,13-,15-/m1/s1. The van der Waals surface area contributed by atoms with Gasteiger partial charge in [0.05, 0.1) is 6.61 Å². The number of amidine groups is 1. The highest BCUT2D eigenvalue weighted by Crippen LogP contribution is 2.44. The summed E-state index contributed by atoms with van der Waals surface area (Å²) in [7, 11) is 3.73. The van der Waals surface area contributed by atoms with Gasteiger partial charge in [0, 0.05) is 14.1 Å². The van der Waals surface area contributed by atoms with E-state index in [4.69, 9.17) is 14.2 Å². The lowest BCUT2D eigenvalue weighted by molar-refractivity contribution is -0.199. The van der Waals surface area contributed by atoms with Crippen LogP contribution in [-0.4, -0.2) is 70.2 Å². The Bertz CT molecular complexity index is 721. The van der Waals surface area contributed by atoms with Crippen molar-refractivity contribution in [3.8, 4) is 6.07 Å². The average Bonchev–Trinajstić information content (AvgIpc) is 3.17. The van der Waals surface area contributed by atoms with E-state index in [2.05, 4.69) is 16.0 Å². The number of ether oxygens (including phenoxy) is 3. The van der Waals surface area contributed by atoms with Gasteiger partial charge in [-0.25, -0.2) is 9.98 Å². The van der Waals surface area contributed by atoms with Crippen molar-refractivity contribution in [2.24, 2.45) is 4.99 Å². The van der Waals surface area contributed by atoms with Gasteiger partial charge in [0.15, 0.2) is 23.5 Å². The first-order valence-electron chi connectivity index (χ1n) is 8.09. The largest absolute Gasteiger partial charge is 0.394 e. The Balaban J connectivity index is 2.01. The Labute approximate surface area is 146 Å². The molecule has 9 nitrogen and oxygen atoms in total. The summed E-state index contributed by atoms with van der Waals surface area (Å²) in [6.45, 7) is 5.29. The van der Waals surface area contributed by atoms with Gasteiger partial charge in [-0.2, -0.15) is 5.26 Å². The Hall–Kier alpha value is -1.99. The lowest BCUT2D eigenvalue weighted by Crippen LogP contribution is -2.31.